The number of aromatic nitrogens is 2. The van der Waals surface area contributed by atoms with Gasteiger partial charge in [0.25, 0.3) is 5.91 Å². The molecule has 1 N–H and O–H groups in total. The van der Waals surface area contributed by atoms with E-state index in [0.29, 0.717) is 16.5 Å². The maximum Gasteiger partial charge on any atom is 0.275 e. The van der Waals surface area contributed by atoms with Crippen LogP contribution in [0.2, 0.25) is 0 Å². The number of amides is 1. The highest BCUT2D eigenvalue weighted by atomic mass is 32.1. The van der Waals surface area contributed by atoms with Crippen molar-refractivity contribution in [2.45, 2.75) is 6.92 Å². The van der Waals surface area contributed by atoms with Crippen molar-refractivity contribution in [1.29, 1.82) is 0 Å². The third kappa shape index (κ3) is 2.57. The van der Waals surface area contributed by atoms with Crippen molar-refractivity contribution in [3.8, 4) is 10.8 Å². The molecule has 0 spiro atoms. The molecule has 3 aromatic heterocycles. The van der Waals surface area contributed by atoms with Gasteiger partial charge < -0.3 is 9.73 Å². The molecule has 0 bridgehead atoms. The van der Waals surface area contributed by atoms with Crippen molar-refractivity contribution < 1.29 is 9.21 Å². The molecule has 0 aliphatic heterocycles. The summed E-state index contributed by atoms with van der Waals surface area (Å²) < 4.78 is 5.35. The number of pyridine rings is 1. The third-order valence-electron chi connectivity index (χ3n) is 3.67. The molecule has 0 saturated heterocycles. The van der Waals surface area contributed by atoms with Crippen LogP contribution in [0.15, 0.2) is 59.5 Å². The number of anilines is 1. The van der Waals surface area contributed by atoms with Crippen LogP contribution in [0.4, 0.5) is 5.69 Å². The van der Waals surface area contributed by atoms with E-state index in [0.717, 1.165) is 21.3 Å². The lowest BCUT2D eigenvalue weighted by Crippen LogP contribution is -2.13. The second-order valence-electron chi connectivity index (χ2n) is 5.26. The zero-order valence-electron chi connectivity index (χ0n) is 12.8. The largest absolute Gasteiger partial charge is 0.462 e. The van der Waals surface area contributed by atoms with E-state index in [-0.39, 0.29) is 5.91 Å². The predicted octanol–water partition coefficient (Wildman–Crippen LogP) is 4.51. The lowest BCUT2D eigenvalue weighted by atomic mass is 10.1. The Labute approximate surface area is 142 Å². The Morgan fingerprint density at radius 3 is 2.96 bits per heavy atom. The SMILES string of the molecule is Cc1sc(-c2ccco2)nc1C(=O)Nc1cccc2cnccc12. The number of fused-ring (bicyclic) bond motifs is 1. The molecule has 5 nitrogen and oxygen atoms in total. The Bertz CT molecular complexity index is 1020. The summed E-state index contributed by atoms with van der Waals surface area (Å²) in [5.74, 6) is 0.434. The number of hydrogen-bond acceptors (Lipinski definition) is 5. The first-order valence-electron chi connectivity index (χ1n) is 7.38. The van der Waals surface area contributed by atoms with E-state index in [4.69, 9.17) is 4.42 Å². The third-order valence-corrected chi connectivity index (χ3v) is 4.66. The minimum Gasteiger partial charge on any atom is -0.462 e. The highest BCUT2D eigenvalue weighted by Crippen LogP contribution is 2.29. The molecule has 0 atom stereocenters. The lowest BCUT2D eigenvalue weighted by Gasteiger charge is -2.07. The summed E-state index contributed by atoms with van der Waals surface area (Å²) in [6.45, 7) is 1.88. The van der Waals surface area contributed by atoms with E-state index in [1.54, 1.807) is 24.7 Å². The summed E-state index contributed by atoms with van der Waals surface area (Å²) in [6, 6.07) is 11.2. The van der Waals surface area contributed by atoms with Crippen LogP contribution in [0.1, 0.15) is 15.4 Å². The van der Waals surface area contributed by atoms with Crippen LogP contribution in [0.5, 0.6) is 0 Å². The van der Waals surface area contributed by atoms with Crippen LogP contribution < -0.4 is 5.32 Å². The van der Waals surface area contributed by atoms with Gasteiger partial charge in [-0.1, -0.05) is 12.1 Å². The topological polar surface area (TPSA) is 68.0 Å². The fourth-order valence-electron chi connectivity index (χ4n) is 2.53. The molecule has 0 fully saturated rings. The predicted molar refractivity (Wildman–Crippen MR) is 94.2 cm³/mol. The Kier molecular flexibility index (Phi) is 3.59. The number of hydrogen-bond donors (Lipinski definition) is 1. The van der Waals surface area contributed by atoms with Crippen molar-refractivity contribution in [3.63, 3.8) is 0 Å². The van der Waals surface area contributed by atoms with Gasteiger partial charge >= 0.3 is 0 Å². The summed E-state index contributed by atoms with van der Waals surface area (Å²) in [4.78, 5) is 22.0. The van der Waals surface area contributed by atoms with E-state index in [1.165, 1.54) is 11.3 Å². The molecule has 0 saturated carbocycles. The maximum atomic E-state index is 12.6. The zero-order valence-corrected chi connectivity index (χ0v) is 13.6. The quantitative estimate of drug-likeness (QED) is 0.598. The van der Waals surface area contributed by atoms with Crippen molar-refractivity contribution in [2.75, 3.05) is 5.32 Å². The number of benzene rings is 1. The number of nitrogens with one attached hydrogen (secondary N) is 1. The van der Waals surface area contributed by atoms with E-state index in [2.05, 4.69) is 15.3 Å². The number of thiazole rings is 1. The van der Waals surface area contributed by atoms with Crippen molar-refractivity contribution in [3.05, 3.63) is 65.6 Å². The molecule has 1 amide bonds. The molecule has 24 heavy (non-hydrogen) atoms. The molecule has 4 rings (SSSR count). The second kappa shape index (κ2) is 5.90. The first-order chi connectivity index (χ1) is 11.7. The van der Waals surface area contributed by atoms with Crippen molar-refractivity contribution >= 4 is 33.7 Å². The highest BCUT2D eigenvalue weighted by molar-refractivity contribution is 7.15. The van der Waals surface area contributed by atoms with Crippen LogP contribution in [0, 0.1) is 6.92 Å². The van der Waals surface area contributed by atoms with Gasteiger partial charge in [-0.05, 0) is 31.2 Å². The molecular weight excluding hydrogens is 322 g/mol. The van der Waals surface area contributed by atoms with Crippen LogP contribution in [-0.2, 0) is 0 Å². The summed E-state index contributed by atoms with van der Waals surface area (Å²) in [7, 11) is 0. The molecule has 0 aliphatic rings. The number of carbonyl (C=O) groups excluding carboxylic acids is 1. The minimum atomic E-state index is -0.231. The van der Waals surface area contributed by atoms with E-state index < -0.39 is 0 Å². The van der Waals surface area contributed by atoms with Gasteiger partial charge in [0.15, 0.2) is 10.8 Å². The smallest absolute Gasteiger partial charge is 0.275 e. The van der Waals surface area contributed by atoms with Crippen LogP contribution in [-0.4, -0.2) is 15.9 Å². The van der Waals surface area contributed by atoms with Crippen molar-refractivity contribution in [2.24, 2.45) is 0 Å². The summed E-state index contributed by atoms with van der Waals surface area (Å²) in [6.07, 6.45) is 5.07. The minimum absolute atomic E-state index is 0.231. The van der Waals surface area contributed by atoms with Gasteiger partial charge in [0.1, 0.15) is 5.69 Å². The monoisotopic (exact) mass is 335 g/mol. The second-order valence-corrected chi connectivity index (χ2v) is 6.46. The Morgan fingerprint density at radius 2 is 2.12 bits per heavy atom. The molecule has 0 unspecified atom stereocenters. The average Bonchev–Trinajstić information content (AvgIpc) is 3.24. The Hall–Kier alpha value is -2.99. The first-order valence-corrected chi connectivity index (χ1v) is 8.19. The molecule has 3 heterocycles. The van der Waals surface area contributed by atoms with Crippen molar-refractivity contribution in [1.82, 2.24) is 9.97 Å². The maximum absolute atomic E-state index is 12.6. The van der Waals surface area contributed by atoms with E-state index >= 15 is 0 Å². The molecule has 4 aromatic rings. The zero-order chi connectivity index (χ0) is 16.5. The highest BCUT2D eigenvalue weighted by Gasteiger charge is 2.18. The molecular formula is C18H13N3O2S. The van der Waals surface area contributed by atoms with Gasteiger partial charge in [-0.25, -0.2) is 4.98 Å². The number of nitrogens with zero attached hydrogens (tertiary/aromatic N) is 2. The summed E-state index contributed by atoms with van der Waals surface area (Å²) in [5.41, 5.74) is 1.16. The standard InChI is InChI=1S/C18H13N3O2S/c1-11-16(21-18(24-11)15-6-3-9-23-15)17(22)20-14-5-2-4-12-10-19-8-7-13(12)14/h2-10H,1H3,(H,20,22). The normalized spacial score (nSPS) is 10.9. The lowest BCUT2D eigenvalue weighted by molar-refractivity contribution is 0.102. The molecule has 118 valence electrons. The molecule has 1 aromatic carbocycles. The van der Waals surface area contributed by atoms with Gasteiger partial charge in [0, 0.05) is 33.7 Å². The average molecular weight is 335 g/mol. The van der Waals surface area contributed by atoms with E-state index in [9.17, 15) is 4.79 Å². The van der Waals surface area contributed by atoms with Crippen LogP contribution in [0.25, 0.3) is 21.5 Å². The Balaban J connectivity index is 1.67. The molecule has 0 radical (unpaired) electrons. The number of rotatable bonds is 3. The van der Waals surface area contributed by atoms with Gasteiger partial charge in [0.2, 0.25) is 0 Å². The summed E-state index contributed by atoms with van der Waals surface area (Å²) in [5, 5.41) is 5.56. The van der Waals surface area contributed by atoms with Gasteiger partial charge in [-0.15, -0.1) is 11.3 Å². The number of aryl methyl sites for hydroxylation is 1. The fourth-order valence-corrected chi connectivity index (χ4v) is 3.40. The fraction of sp³-hybridized carbons (Fsp3) is 0.0556. The number of carbonyl (C=O) groups is 1. The van der Waals surface area contributed by atoms with Gasteiger partial charge in [-0.3, -0.25) is 9.78 Å². The van der Waals surface area contributed by atoms with Crippen LogP contribution in [0.3, 0.4) is 0 Å². The Morgan fingerprint density at radius 1 is 1.21 bits per heavy atom. The summed E-state index contributed by atoms with van der Waals surface area (Å²) >= 11 is 1.44. The number of furan rings is 1. The van der Waals surface area contributed by atoms with Crippen LogP contribution >= 0.6 is 11.3 Å². The van der Waals surface area contributed by atoms with Gasteiger partial charge in [0.05, 0.1) is 6.26 Å². The molecule has 0 aliphatic carbocycles. The molecule has 6 heteroatoms. The first kappa shape index (κ1) is 14.6. The van der Waals surface area contributed by atoms with E-state index in [1.807, 2.05) is 37.3 Å². The van der Waals surface area contributed by atoms with Gasteiger partial charge in [-0.2, -0.15) is 0 Å².